The molecule has 4 rings (SSSR count). The van der Waals surface area contributed by atoms with Gasteiger partial charge in [0.2, 0.25) is 11.8 Å². The third-order valence-corrected chi connectivity index (χ3v) is 7.82. The van der Waals surface area contributed by atoms with Crippen molar-refractivity contribution in [2.45, 2.75) is 57.0 Å². The number of likely N-dealkylation sites (tertiary alicyclic amines) is 1. The van der Waals surface area contributed by atoms with Crippen molar-refractivity contribution in [2.75, 3.05) is 46.9 Å². The van der Waals surface area contributed by atoms with E-state index >= 15 is 0 Å². The van der Waals surface area contributed by atoms with E-state index in [0.29, 0.717) is 31.5 Å². The smallest absolute Gasteiger partial charge is 0.228 e. The molecule has 3 aliphatic rings. The average Bonchev–Trinajstić information content (AvgIpc) is 3.13. The molecule has 0 radical (unpaired) electrons. The van der Waals surface area contributed by atoms with Gasteiger partial charge in [-0.05, 0) is 56.7 Å². The molecule has 1 aromatic rings. The zero-order valence-electron chi connectivity index (χ0n) is 19.7. The number of benzene rings is 1. The van der Waals surface area contributed by atoms with Crippen LogP contribution in [-0.2, 0) is 14.3 Å². The normalized spacial score (nSPS) is 28.6. The van der Waals surface area contributed by atoms with Crippen molar-refractivity contribution in [1.82, 2.24) is 14.7 Å². The summed E-state index contributed by atoms with van der Waals surface area (Å²) in [4.78, 5) is 33.1. The van der Waals surface area contributed by atoms with Crippen LogP contribution < -0.4 is 0 Å². The molecule has 6 heteroatoms. The molecule has 3 aliphatic heterocycles. The van der Waals surface area contributed by atoms with Gasteiger partial charge in [0.1, 0.15) is 0 Å². The van der Waals surface area contributed by atoms with Gasteiger partial charge in [0.15, 0.2) is 0 Å². The molecule has 2 amide bonds. The van der Waals surface area contributed by atoms with Crippen LogP contribution in [0.2, 0.25) is 0 Å². The molecule has 3 saturated heterocycles. The lowest BCUT2D eigenvalue weighted by atomic mass is 9.83. The first-order chi connectivity index (χ1) is 15.6. The zero-order valence-corrected chi connectivity index (χ0v) is 19.7. The lowest BCUT2D eigenvalue weighted by Gasteiger charge is -2.46. The summed E-state index contributed by atoms with van der Waals surface area (Å²) in [6, 6.07) is 10.5. The number of carbonyl (C=O) groups is 2. The Morgan fingerprint density at radius 1 is 1.12 bits per heavy atom. The van der Waals surface area contributed by atoms with E-state index in [1.165, 1.54) is 45.2 Å². The average molecular weight is 442 g/mol. The monoisotopic (exact) mass is 441 g/mol. The minimum absolute atomic E-state index is 0.0603. The largest absolute Gasteiger partial charge is 0.385 e. The molecule has 0 aromatic heterocycles. The number of ether oxygens (including phenoxy) is 1. The number of piperidine rings is 2. The fraction of sp³-hybridized carbons (Fsp3) is 0.692. The predicted octanol–water partition coefficient (Wildman–Crippen LogP) is 3.34. The lowest BCUT2D eigenvalue weighted by Crippen LogP contribution is -2.52. The second kappa shape index (κ2) is 10.8. The van der Waals surface area contributed by atoms with E-state index in [9.17, 15) is 9.59 Å². The van der Waals surface area contributed by atoms with Crippen LogP contribution in [0.1, 0.15) is 56.6 Å². The zero-order chi connectivity index (χ0) is 22.5. The molecule has 0 N–H and O–H groups in total. The number of nitrogens with zero attached hydrogens (tertiary/aromatic N) is 3. The Bertz CT molecular complexity index is 769. The first-order valence-electron chi connectivity index (χ1n) is 12.4. The van der Waals surface area contributed by atoms with Crippen LogP contribution in [0, 0.1) is 11.8 Å². The number of carbonyl (C=O) groups excluding carboxylic acids is 2. The maximum atomic E-state index is 13.9. The summed E-state index contributed by atoms with van der Waals surface area (Å²) in [5.41, 5.74) is 1.05. The summed E-state index contributed by atoms with van der Waals surface area (Å²) in [5.74, 6) is 0.412. The van der Waals surface area contributed by atoms with Gasteiger partial charge in [-0.25, -0.2) is 0 Å². The Hall–Kier alpha value is -1.92. The molecule has 3 heterocycles. The van der Waals surface area contributed by atoms with Gasteiger partial charge < -0.3 is 19.4 Å². The fourth-order valence-electron chi connectivity index (χ4n) is 6.20. The van der Waals surface area contributed by atoms with Gasteiger partial charge in [0.25, 0.3) is 0 Å². The van der Waals surface area contributed by atoms with Crippen LogP contribution in [0.3, 0.4) is 0 Å². The molecular weight excluding hydrogens is 402 g/mol. The van der Waals surface area contributed by atoms with E-state index in [1.807, 2.05) is 37.4 Å². The van der Waals surface area contributed by atoms with E-state index in [2.05, 4.69) is 9.80 Å². The minimum Gasteiger partial charge on any atom is -0.385 e. The van der Waals surface area contributed by atoms with Crippen molar-refractivity contribution in [3.8, 4) is 0 Å². The Morgan fingerprint density at radius 2 is 1.91 bits per heavy atom. The highest BCUT2D eigenvalue weighted by atomic mass is 16.5. The topological polar surface area (TPSA) is 53.1 Å². The standard InChI is InChI=1S/C26H39N3O3/c1-27-24(30)18-22(25(27)20-10-4-3-5-11-20)26(31)29(16-9-17-32-2)19-21-12-8-15-28-14-7-6-13-23(21)28/h3-5,10-11,21-23,25H,6-9,12-19H2,1-2H3/t21-,22?,23+,25?/m0/s1. The highest BCUT2D eigenvalue weighted by Gasteiger charge is 2.45. The van der Waals surface area contributed by atoms with Crippen LogP contribution in [0.15, 0.2) is 30.3 Å². The van der Waals surface area contributed by atoms with Crippen molar-refractivity contribution < 1.29 is 14.3 Å². The maximum Gasteiger partial charge on any atom is 0.228 e. The van der Waals surface area contributed by atoms with Crippen molar-refractivity contribution in [1.29, 1.82) is 0 Å². The molecule has 1 aromatic carbocycles. The Morgan fingerprint density at radius 3 is 2.69 bits per heavy atom. The summed E-state index contributed by atoms with van der Waals surface area (Å²) >= 11 is 0. The molecule has 6 nitrogen and oxygen atoms in total. The fourth-order valence-corrected chi connectivity index (χ4v) is 6.20. The SMILES string of the molecule is COCCCN(C[C@@H]1CCCN2CCCC[C@H]12)C(=O)C1CC(=O)N(C)C1c1ccccc1. The predicted molar refractivity (Wildman–Crippen MR) is 125 cm³/mol. The van der Waals surface area contributed by atoms with E-state index in [4.69, 9.17) is 4.74 Å². The third kappa shape index (κ3) is 5.01. The number of rotatable bonds is 8. The van der Waals surface area contributed by atoms with Crippen LogP contribution in [0.4, 0.5) is 0 Å². The van der Waals surface area contributed by atoms with E-state index < -0.39 is 0 Å². The number of hydrogen-bond donors (Lipinski definition) is 0. The van der Waals surface area contributed by atoms with Gasteiger partial charge in [0, 0.05) is 46.3 Å². The molecule has 0 aliphatic carbocycles. The van der Waals surface area contributed by atoms with E-state index in [1.54, 1.807) is 12.0 Å². The molecule has 0 bridgehead atoms. The third-order valence-electron chi connectivity index (χ3n) is 7.82. The molecule has 0 spiro atoms. The number of fused-ring (bicyclic) bond motifs is 1. The van der Waals surface area contributed by atoms with Crippen molar-refractivity contribution in [2.24, 2.45) is 11.8 Å². The Labute approximate surface area is 192 Å². The summed E-state index contributed by atoms with van der Waals surface area (Å²) in [5, 5.41) is 0. The molecule has 176 valence electrons. The highest BCUT2D eigenvalue weighted by Crippen LogP contribution is 2.39. The second-order valence-corrected chi connectivity index (χ2v) is 9.80. The van der Waals surface area contributed by atoms with Crippen LogP contribution >= 0.6 is 0 Å². The van der Waals surface area contributed by atoms with Crippen molar-refractivity contribution in [3.63, 3.8) is 0 Å². The first-order valence-corrected chi connectivity index (χ1v) is 12.4. The molecule has 0 saturated carbocycles. The quantitative estimate of drug-likeness (QED) is 0.581. The lowest BCUT2D eigenvalue weighted by molar-refractivity contribution is -0.138. The van der Waals surface area contributed by atoms with E-state index in [0.717, 1.165) is 18.5 Å². The number of methoxy groups -OCH3 is 1. The van der Waals surface area contributed by atoms with Gasteiger partial charge in [-0.2, -0.15) is 0 Å². The molecule has 32 heavy (non-hydrogen) atoms. The summed E-state index contributed by atoms with van der Waals surface area (Å²) in [6.07, 6.45) is 7.40. The van der Waals surface area contributed by atoms with Crippen molar-refractivity contribution >= 4 is 11.8 Å². The van der Waals surface area contributed by atoms with Gasteiger partial charge >= 0.3 is 0 Å². The second-order valence-electron chi connectivity index (χ2n) is 9.80. The summed E-state index contributed by atoms with van der Waals surface area (Å²) in [7, 11) is 3.55. The van der Waals surface area contributed by atoms with Crippen molar-refractivity contribution in [3.05, 3.63) is 35.9 Å². The molecule has 4 atom stereocenters. The summed E-state index contributed by atoms with van der Waals surface area (Å²) < 4.78 is 5.29. The van der Waals surface area contributed by atoms with Crippen LogP contribution in [0.25, 0.3) is 0 Å². The molecule has 2 unspecified atom stereocenters. The highest BCUT2D eigenvalue weighted by molar-refractivity contribution is 5.90. The number of amides is 2. The van der Waals surface area contributed by atoms with Crippen LogP contribution in [0.5, 0.6) is 0 Å². The first kappa shape index (κ1) is 23.2. The van der Waals surface area contributed by atoms with Gasteiger partial charge in [0.05, 0.1) is 12.0 Å². The molecule has 3 fully saturated rings. The van der Waals surface area contributed by atoms with Gasteiger partial charge in [-0.3, -0.25) is 9.59 Å². The summed E-state index contributed by atoms with van der Waals surface area (Å²) in [6.45, 7) is 4.56. The van der Waals surface area contributed by atoms with Gasteiger partial charge in [-0.1, -0.05) is 36.8 Å². The van der Waals surface area contributed by atoms with Crippen LogP contribution in [-0.4, -0.2) is 79.5 Å². The molecular formula is C26H39N3O3. The number of hydrogen-bond acceptors (Lipinski definition) is 4. The Balaban J connectivity index is 1.53. The van der Waals surface area contributed by atoms with Gasteiger partial charge in [-0.15, -0.1) is 0 Å². The maximum absolute atomic E-state index is 13.9. The van der Waals surface area contributed by atoms with E-state index in [-0.39, 0.29) is 23.8 Å². The minimum atomic E-state index is -0.316. The Kier molecular flexibility index (Phi) is 7.84.